The van der Waals surface area contributed by atoms with Crippen LogP contribution in [0.15, 0.2) is 30.3 Å². The second-order valence-electron chi connectivity index (χ2n) is 4.24. The Labute approximate surface area is 91.7 Å². The Balaban J connectivity index is 2.49. The standard InChI is InChI=1S/C13H19NO/c1-10(2)14-13(15)9-11(3)12-7-5-4-6-8-12/h4-8,10-11H,9H2,1-3H3,(H,14,15)/t11-/m0/s1. The molecule has 0 saturated carbocycles. The van der Waals surface area contributed by atoms with Crippen molar-refractivity contribution in [1.82, 2.24) is 5.32 Å². The molecule has 0 spiro atoms. The van der Waals surface area contributed by atoms with E-state index in [9.17, 15) is 4.79 Å². The maximum absolute atomic E-state index is 11.5. The molecule has 0 aliphatic heterocycles. The van der Waals surface area contributed by atoms with Gasteiger partial charge in [-0.2, -0.15) is 0 Å². The van der Waals surface area contributed by atoms with Crippen molar-refractivity contribution in [2.75, 3.05) is 0 Å². The van der Waals surface area contributed by atoms with E-state index >= 15 is 0 Å². The molecule has 1 atom stereocenters. The topological polar surface area (TPSA) is 29.1 Å². The Morgan fingerprint density at radius 1 is 1.20 bits per heavy atom. The van der Waals surface area contributed by atoms with E-state index in [1.807, 2.05) is 32.0 Å². The molecule has 0 unspecified atom stereocenters. The molecule has 82 valence electrons. The fraction of sp³-hybridized carbons (Fsp3) is 0.462. The van der Waals surface area contributed by atoms with Crippen LogP contribution in [0.4, 0.5) is 0 Å². The maximum Gasteiger partial charge on any atom is 0.220 e. The molecule has 1 N–H and O–H groups in total. The molecule has 0 radical (unpaired) electrons. The van der Waals surface area contributed by atoms with Gasteiger partial charge in [0.15, 0.2) is 0 Å². The molecule has 1 rings (SSSR count). The lowest BCUT2D eigenvalue weighted by Gasteiger charge is -2.13. The highest BCUT2D eigenvalue weighted by Gasteiger charge is 2.11. The predicted octanol–water partition coefficient (Wildman–Crippen LogP) is 2.70. The smallest absolute Gasteiger partial charge is 0.220 e. The second kappa shape index (κ2) is 5.54. The van der Waals surface area contributed by atoms with E-state index in [1.165, 1.54) is 5.56 Å². The first kappa shape index (κ1) is 11.8. The van der Waals surface area contributed by atoms with Crippen molar-refractivity contribution < 1.29 is 4.79 Å². The third kappa shape index (κ3) is 4.15. The Morgan fingerprint density at radius 2 is 1.80 bits per heavy atom. The highest BCUT2D eigenvalue weighted by molar-refractivity contribution is 5.77. The second-order valence-corrected chi connectivity index (χ2v) is 4.24. The van der Waals surface area contributed by atoms with E-state index in [4.69, 9.17) is 0 Å². The molecule has 1 aromatic rings. The summed E-state index contributed by atoms with van der Waals surface area (Å²) in [6.45, 7) is 6.03. The Kier molecular flexibility index (Phi) is 4.35. The normalized spacial score (nSPS) is 12.5. The van der Waals surface area contributed by atoms with Crippen molar-refractivity contribution in [2.24, 2.45) is 0 Å². The molecule has 0 aliphatic carbocycles. The summed E-state index contributed by atoms with van der Waals surface area (Å²) in [5.74, 6) is 0.409. The zero-order chi connectivity index (χ0) is 11.3. The number of rotatable bonds is 4. The number of benzene rings is 1. The van der Waals surface area contributed by atoms with Gasteiger partial charge in [-0.25, -0.2) is 0 Å². The van der Waals surface area contributed by atoms with Gasteiger partial charge in [0.25, 0.3) is 0 Å². The van der Waals surface area contributed by atoms with Crippen molar-refractivity contribution >= 4 is 5.91 Å². The van der Waals surface area contributed by atoms with Gasteiger partial charge in [-0.15, -0.1) is 0 Å². The third-order valence-corrected chi connectivity index (χ3v) is 2.31. The van der Waals surface area contributed by atoms with E-state index in [-0.39, 0.29) is 17.9 Å². The van der Waals surface area contributed by atoms with Crippen molar-refractivity contribution in [1.29, 1.82) is 0 Å². The van der Waals surface area contributed by atoms with E-state index in [1.54, 1.807) is 0 Å². The van der Waals surface area contributed by atoms with Crippen molar-refractivity contribution in [3.63, 3.8) is 0 Å². The Bertz CT molecular complexity index is 306. The van der Waals surface area contributed by atoms with Crippen LogP contribution in [0.1, 0.15) is 38.7 Å². The van der Waals surface area contributed by atoms with E-state index < -0.39 is 0 Å². The SMILES string of the molecule is CC(C)NC(=O)C[C@H](C)c1ccccc1. The van der Waals surface area contributed by atoms with E-state index in [2.05, 4.69) is 24.4 Å². The van der Waals surface area contributed by atoms with Crippen LogP contribution in [0, 0.1) is 0 Å². The summed E-state index contributed by atoms with van der Waals surface area (Å²) in [5.41, 5.74) is 1.22. The first-order chi connectivity index (χ1) is 7.09. The summed E-state index contributed by atoms with van der Waals surface area (Å²) >= 11 is 0. The van der Waals surface area contributed by atoms with Crippen LogP contribution < -0.4 is 5.32 Å². The highest BCUT2D eigenvalue weighted by atomic mass is 16.1. The quantitative estimate of drug-likeness (QED) is 0.804. The molecule has 1 aromatic carbocycles. The van der Waals surface area contributed by atoms with Gasteiger partial charge in [0, 0.05) is 12.5 Å². The van der Waals surface area contributed by atoms with Gasteiger partial charge in [0.1, 0.15) is 0 Å². The average Bonchev–Trinajstić information content (AvgIpc) is 2.17. The number of nitrogens with one attached hydrogen (secondary N) is 1. The Morgan fingerprint density at radius 3 is 2.33 bits per heavy atom. The lowest BCUT2D eigenvalue weighted by molar-refractivity contribution is -0.121. The number of hydrogen-bond acceptors (Lipinski definition) is 1. The van der Waals surface area contributed by atoms with Crippen LogP contribution >= 0.6 is 0 Å². The van der Waals surface area contributed by atoms with Crippen LogP contribution in [0.5, 0.6) is 0 Å². The first-order valence-corrected chi connectivity index (χ1v) is 5.44. The summed E-state index contributed by atoms with van der Waals surface area (Å²) in [6.07, 6.45) is 0.558. The zero-order valence-corrected chi connectivity index (χ0v) is 9.66. The molecule has 0 bridgehead atoms. The molecule has 0 saturated heterocycles. The van der Waals surface area contributed by atoms with Gasteiger partial charge in [-0.3, -0.25) is 4.79 Å². The van der Waals surface area contributed by atoms with Gasteiger partial charge in [0.2, 0.25) is 5.91 Å². The van der Waals surface area contributed by atoms with Gasteiger partial charge >= 0.3 is 0 Å². The monoisotopic (exact) mass is 205 g/mol. The molecule has 2 nitrogen and oxygen atoms in total. The molecule has 0 heterocycles. The number of hydrogen-bond donors (Lipinski definition) is 1. The van der Waals surface area contributed by atoms with Crippen molar-refractivity contribution in [3.05, 3.63) is 35.9 Å². The largest absolute Gasteiger partial charge is 0.354 e. The molecule has 1 amide bonds. The molecule has 0 fully saturated rings. The molecular weight excluding hydrogens is 186 g/mol. The minimum atomic E-state index is 0.126. The molecule has 0 aliphatic rings. The minimum absolute atomic E-state index is 0.126. The Hall–Kier alpha value is -1.31. The minimum Gasteiger partial charge on any atom is -0.354 e. The third-order valence-electron chi connectivity index (χ3n) is 2.31. The first-order valence-electron chi connectivity index (χ1n) is 5.44. The van der Waals surface area contributed by atoms with Crippen LogP contribution in [0.3, 0.4) is 0 Å². The fourth-order valence-corrected chi connectivity index (χ4v) is 1.56. The number of amides is 1. The van der Waals surface area contributed by atoms with Crippen LogP contribution in [0.2, 0.25) is 0 Å². The van der Waals surface area contributed by atoms with Gasteiger partial charge in [-0.1, -0.05) is 37.3 Å². The van der Waals surface area contributed by atoms with Crippen molar-refractivity contribution in [3.8, 4) is 0 Å². The lowest BCUT2D eigenvalue weighted by atomic mass is 9.97. The molecular formula is C13H19NO. The lowest BCUT2D eigenvalue weighted by Crippen LogP contribution is -2.30. The summed E-state index contributed by atoms with van der Waals surface area (Å²) in [5, 5.41) is 2.90. The zero-order valence-electron chi connectivity index (χ0n) is 9.66. The molecule has 0 aromatic heterocycles. The highest BCUT2D eigenvalue weighted by Crippen LogP contribution is 2.17. The molecule has 2 heteroatoms. The van der Waals surface area contributed by atoms with Crippen LogP contribution in [-0.2, 0) is 4.79 Å². The van der Waals surface area contributed by atoms with E-state index in [0.29, 0.717) is 6.42 Å². The summed E-state index contributed by atoms with van der Waals surface area (Å²) < 4.78 is 0. The summed E-state index contributed by atoms with van der Waals surface area (Å²) in [4.78, 5) is 11.5. The van der Waals surface area contributed by atoms with E-state index in [0.717, 1.165) is 0 Å². The molecule has 15 heavy (non-hydrogen) atoms. The van der Waals surface area contributed by atoms with Gasteiger partial charge < -0.3 is 5.32 Å². The summed E-state index contributed by atoms with van der Waals surface area (Å²) in [7, 11) is 0. The van der Waals surface area contributed by atoms with Gasteiger partial charge in [-0.05, 0) is 25.3 Å². The summed E-state index contributed by atoms with van der Waals surface area (Å²) in [6, 6.07) is 10.4. The van der Waals surface area contributed by atoms with Crippen LogP contribution in [-0.4, -0.2) is 11.9 Å². The van der Waals surface area contributed by atoms with Crippen molar-refractivity contribution in [2.45, 2.75) is 39.2 Å². The maximum atomic E-state index is 11.5. The van der Waals surface area contributed by atoms with Gasteiger partial charge in [0.05, 0.1) is 0 Å². The average molecular weight is 205 g/mol. The number of carbonyl (C=O) groups is 1. The van der Waals surface area contributed by atoms with Crippen LogP contribution in [0.25, 0.3) is 0 Å². The number of carbonyl (C=O) groups excluding carboxylic acids is 1. The predicted molar refractivity (Wildman–Crippen MR) is 62.8 cm³/mol. The fourth-order valence-electron chi connectivity index (χ4n) is 1.56.